The van der Waals surface area contributed by atoms with Crippen molar-refractivity contribution in [3.8, 4) is 0 Å². The second-order valence-corrected chi connectivity index (χ2v) is 7.33. The van der Waals surface area contributed by atoms with E-state index in [0.29, 0.717) is 23.2 Å². The molecule has 3 saturated heterocycles. The lowest BCUT2D eigenvalue weighted by Gasteiger charge is -2.49. The average molecular weight is 411 g/mol. The Morgan fingerprint density at radius 3 is 2.91 bits per heavy atom. The van der Waals surface area contributed by atoms with Crippen LogP contribution in [0, 0.1) is 9.68 Å². The third-order valence-corrected chi connectivity index (χ3v) is 5.61. The van der Waals surface area contributed by atoms with E-state index in [2.05, 4.69) is 44.7 Å². The number of hydrogen-bond donors (Lipinski definition) is 1. The van der Waals surface area contributed by atoms with E-state index in [0.717, 1.165) is 22.2 Å². The maximum atomic E-state index is 12.5. The molecule has 5 rings (SSSR count). The molecule has 1 N–H and O–H groups in total. The fourth-order valence-electron chi connectivity index (χ4n) is 3.80. The van der Waals surface area contributed by atoms with Gasteiger partial charge in [-0.2, -0.15) is 0 Å². The molecule has 6 heteroatoms. The third kappa shape index (κ3) is 2.42. The van der Waals surface area contributed by atoms with E-state index in [4.69, 9.17) is 4.42 Å². The summed E-state index contributed by atoms with van der Waals surface area (Å²) in [6.07, 6.45) is 4.06. The van der Waals surface area contributed by atoms with Crippen LogP contribution in [-0.2, 0) is 0 Å². The van der Waals surface area contributed by atoms with Gasteiger partial charge in [0.15, 0.2) is 3.77 Å². The largest absolute Gasteiger partial charge is 0.450 e. The number of nitrogens with one attached hydrogen (secondary N) is 1. The molecule has 0 aromatic carbocycles. The Bertz CT molecular complexity index is 719. The maximum absolute atomic E-state index is 12.5. The molecule has 5 heterocycles. The van der Waals surface area contributed by atoms with Gasteiger partial charge in [0.2, 0.25) is 0 Å². The maximum Gasteiger partial charge on any atom is 0.270 e. The lowest BCUT2D eigenvalue weighted by Crippen LogP contribution is -2.62. The topological polar surface area (TPSA) is 58.4 Å². The number of amides is 1. The van der Waals surface area contributed by atoms with Crippen molar-refractivity contribution in [3.05, 3.63) is 27.8 Å². The summed E-state index contributed by atoms with van der Waals surface area (Å²) in [5.41, 5.74) is 1.15. The molecule has 2 aromatic rings. The van der Waals surface area contributed by atoms with Gasteiger partial charge in [-0.15, -0.1) is 0 Å². The molecule has 0 radical (unpaired) electrons. The highest BCUT2D eigenvalue weighted by atomic mass is 127. The monoisotopic (exact) mass is 411 g/mol. The zero-order valence-corrected chi connectivity index (χ0v) is 14.5. The van der Waals surface area contributed by atoms with E-state index in [-0.39, 0.29) is 11.9 Å². The Morgan fingerprint density at radius 2 is 2.18 bits per heavy atom. The van der Waals surface area contributed by atoms with Gasteiger partial charge in [-0.25, -0.2) is 0 Å². The molecular weight excluding hydrogens is 393 g/mol. The van der Waals surface area contributed by atoms with Gasteiger partial charge in [-0.05, 0) is 67.4 Å². The molecule has 22 heavy (non-hydrogen) atoms. The highest BCUT2D eigenvalue weighted by molar-refractivity contribution is 14.1. The summed E-state index contributed by atoms with van der Waals surface area (Å²) in [4.78, 5) is 19.3. The predicted octanol–water partition coefficient (Wildman–Crippen LogP) is 2.64. The third-order valence-electron chi connectivity index (χ3n) is 5.08. The van der Waals surface area contributed by atoms with Crippen LogP contribution in [0.3, 0.4) is 0 Å². The second-order valence-electron chi connectivity index (χ2n) is 6.27. The highest BCUT2D eigenvalue weighted by Gasteiger charge is 2.40. The van der Waals surface area contributed by atoms with Gasteiger partial charge in [-0.1, -0.05) is 0 Å². The van der Waals surface area contributed by atoms with Crippen LogP contribution in [0.2, 0.25) is 0 Å². The molecule has 0 aliphatic carbocycles. The lowest BCUT2D eigenvalue weighted by molar-refractivity contribution is 0.0216. The number of pyridine rings is 1. The minimum atomic E-state index is -0.0982. The number of nitrogens with zero attached hydrogens (tertiary/aromatic N) is 2. The normalized spacial score (nSPS) is 30.6. The lowest BCUT2D eigenvalue weighted by atomic mass is 9.79. The van der Waals surface area contributed by atoms with Crippen molar-refractivity contribution in [1.82, 2.24) is 15.2 Å². The molecule has 5 nitrogen and oxygen atoms in total. The molecule has 0 spiro atoms. The van der Waals surface area contributed by atoms with Gasteiger partial charge >= 0.3 is 0 Å². The summed E-state index contributed by atoms with van der Waals surface area (Å²) >= 11 is 2.12. The van der Waals surface area contributed by atoms with Crippen molar-refractivity contribution >= 4 is 39.5 Å². The zero-order chi connectivity index (χ0) is 15.3. The summed E-state index contributed by atoms with van der Waals surface area (Å²) in [5.74, 6) is 0.496. The number of aromatic nitrogens is 1. The molecule has 3 fully saturated rings. The van der Waals surface area contributed by atoms with E-state index < -0.39 is 0 Å². The number of piperidine rings is 3. The Hall–Kier alpha value is -1.15. The molecule has 0 saturated carbocycles. The summed E-state index contributed by atoms with van der Waals surface area (Å²) in [6.45, 7) is 4.53. The Balaban J connectivity index is 1.55. The van der Waals surface area contributed by atoms with Crippen LogP contribution in [0.4, 0.5) is 0 Å². The minimum absolute atomic E-state index is 0.0982. The first-order valence-corrected chi connectivity index (χ1v) is 8.80. The molecule has 2 aromatic heterocycles. The summed E-state index contributed by atoms with van der Waals surface area (Å²) in [5, 5.41) is 4.13. The molecule has 3 aliphatic heterocycles. The van der Waals surface area contributed by atoms with E-state index >= 15 is 0 Å². The smallest absolute Gasteiger partial charge is 0.270 e. The minimum Gasteiger partial charge on any atom is -0.450 e. The van der Waals surface area contributed by atoms with Crippen molar-refractivity contribution in [2.75, 3.05) is 13.1 Å². The number of carbonyl (C=O) groups is 1. The second kappa shape index (κ2) is 5.49. The van der Waals surface area contributed by atoms with E-state index in [1.54, 1.807) is 12.3 Å². The van der Waals surface area contributed by atoms with E-state index in [9.17, 15) is 4.79 Å². The molecule has 3 aliphatic rings. The summed E-state index contributed by atoms with van der Waals surface area (Å²) < 4.78 is 6.38. The number of rotatable bonds is 2. The van der Waals surface area contributed by atoms with Crippen molar-refractivity contribution < 1.29 is 9.21 Å². The Labute approximate surface area is 142 Å². The van der Waals surface area contributed by atoms with Gasteiger partial charge in [0, 0.05) is 29.7 Å². The van der Waals surface area contributed by atoms with E-state index in [1.807, 2.05) is 6.07 Å². The number of halogens is 1. The van der Waals surface area contributed by atoms with Crippen LogP contribution in [0.1, 0.15) is 30.3 Å². The molecule has 2 atom stereocenters. The zero-order valence-electron chi connectivity index (χ0n) is 12.4. The van der Waals surface area contributed by atoms with Gasteiger partial charge in [0.05, 0.1) is 0 Å². The first-order valence-electron chi connectivity index (χ1n) is 7.72. The molecule has 0 unspecified atom stereocenters. The van der Waals surface area contributed by atoms with Crippen molar-refractivity contribution in [1.29, 1.82) is 0 Å². The van der Waals surface area contributed by atoms with Crippen LogP contribution >= 0.6 is 22.6 Å². The van der Waals surface area contributed by atoms with Crippen LogP contribution in [0.5, 0.6) is 0 Å². The highest BCUT2D eigenvalue weighted by Crippen LogP contribution is 2.32. The Morgan fingerprint density at radius 1 is 1.41 bits per heavy atom. The molecular formula is C16H18IN3O2. The first-order chi connectivity index (χ1) is 10.6. The van der Waals surface area contributed by atoms with Gasteiger partial charge in [-0.3, -0.25) is 14.7 Å². The van der Waals surface area contributed by atoms with E-state index in [1.165, 1.54) is 12.8 Å². The van der Waals surface area contributed by atoms with Crippen LogP contribution < -0.4 is 5.32 Å². The number of furan rings is 1. The SMILES string of the molecule is C[C@H]1[C@H](NC(=O)c2cc3oc(I)cc3cn2)C2CCN1CC2. The van der Waals surface area contributed by atoms with Gasteiger partial charge in [0.25, 0.3) is 5.91 Å². The number of hydrogen-bond acceptors (Lipinski definition) is 4. The fourth-order valence-corrected chi connectivity index (χ4v) is 4.37. The molecule has 1 amide bonds. The molecule has 116 valence electrons. The predicted molar refractivity (Wildman–Crippen MR) is 91.7 cm³/mol. The fraction of sp³-hybridized carbons (Fsp3) is 0.500. The van der Waals surface area contributed by atoms with Crippen LogP contribution in [-0.4, -0.2) is 41.0 Å². The summed E-state index contributed by atoms with van der Waals surface area (Å²) in [7, 11) is 0. The number of carbonyl (C=O) groups excluding carboxylic acids is 1. The van der Waals surface area contributed by atoms with Gasteiger partial charge in [0.1, 0.15) is 11.3 Å². The number of fused-ring (bicyclic) bond motifs is 4. The quantitative estimate of drug-likeness (QED) is 0.773. The first kappa shape index (κ1) is 14.4. The Kier molecular flexibility index (Phi) is 3.60. The standard InChI is InChI=1S/C16H18IN3O2/c1-9-15(10-2-4-20(9)5-3-10)19-16(21)12-7-13-11(8-18-12)6-14(17)22-13/h6-10,15H,2-5H2,1H3,(H,19,21)/t9-,15-/m0/s1. The van der Waals surface area contributed by atoms with Crippen LogP contribution in [0.15, 0.2) is 22.7 Å². The summed E-state index contributed by atoms with van der Waals surface area (Å²) in [6, 6.07) is 4.28. The van der Waals surface area contributed by atoms with Crippen molar-refractivity contribution in [2.45, 2.75) is 31.8 Å². The van der Waals surface area contributed by atoms with Gasteiger partial charge < -0.3 is 9.73 Å². The van der Waals surface area contributed by atoms with Crippen molar-refractivity contribution in [2.24, 2.45) is 5.92 Å². The van der Waals surface area contributed by atoms with Crippen molar-refractivity contribution in [3.63, 3.8) is 0 Å². The molecule has 2 bridgehead atoms. The van der Waals surface area contributed by atoms with Crippen LogP contribution in [0.25, 0.3) is 11.0 Å². The average Bonchev–Trinajstić information content (AvgIpc) is 2.90.